The predicted octanol–water partition coefficient (Wildman–Crippen LogP) is 3.50. The van der Waals surface area contributed by atoms with Crippen molar-refractivity contribution in [3.63, 3.8) is 0 Å². The van der Waals surface area contributed by atoms with Crippen LogP contribution < -0.4 is 26.0 Å². The zero-order chi connectivity index (χ0) is 30.8. The lowest BCUT2D eigenvalue weighted by Gasteiger charge is -2.20. The molecule has 1 aliphatic rings. The average Bonchev–Trinajstić information content (AvgIpc) is 3.38. The normalized spacial score (nSPS) is 15.6. The van der Waals surface area contributed by atoms with Crippen molar-refractivity contribution in [3.05, 3.63) is 53.6 Å². The minimum absolute atomic E-state index is 0.0426. The maximum absolute atomic E-state index is 13.1. The number of aliphatic imine (C=N–C) groups is 1. The Labute approximate surface area is 245 Å². The van der Waals surface area contributed by atoms with Crippen molar-refractivity contribution in [2.24, 2.45) is 10.9 Å². The SMILES string of the molecule is COc1cc(CC(=O)NC(CC(C)C)C2=NC(CC(NC(C)=O)C(=O)O)CO2)ccc1NC(=O)Nc1ccccc1C. The molecular formula is C30H39N5O7. The first-order valence-electron chi connectivity index (χ1n) is 13.8. The number of aliphatic carboxylic acids is 1. The molecule has 0 bridgehead atoms. The van der Waals surface area contributed by atoms with Crippen LogP contribution in [0.1, 0.15) is 44.7 Å². The number of nitrogens with one attached hydrogen (secondary N) is 4. The highest BCUT2D eigenvalue weighted by molar-refractivity contribution is 6.01. The van der Waals surface area contributed by atoms with Crippen LogP contribution in [-0.2, 0) is 25.5 Å². The van der Waals surface area contributed by atoms with E-state index in [9.17, 15) is 24.3 Å². The van der Waals surface area contributed by atoms with E-state index < -0.39 is 36.0 Å². The molecule has 12 heteroatoms. The number of carboxylic acid groups (broad SMARTS) is 1. The Hall–Kier alpha value is -4.61. The van der Waals surface area contributed by atoms with Gasteiger partial charge in [0.05, 0.1) is 25.3 Å². The van der Waals surface area contributed by atoms with Crippen LogP contribution >= 0.6 is 0 Å². The number of ether oxygens (including phenoxy) is 2. The van der Waals surface area contributed by atoms with Gasteiger partial charge in [-0.25, -0.2) is 14.6 Å². The Morgan fingerprint density at radius 3 is 2.43 bits per heavy atom. The number of amides is 4. The Bertz CT molecular complexity index is 1330. The van der Waals surface area contributed by atoms with Crippen LogP contribution in [0.4, 0.5) is 16.2 Å². The van der Waals surface area contributed by atoms with Crippen LogP contribution in [0.3, 0.4) is 0 Å². The van der Waals surface area contributed by atoms with Gasteiger partial charge in [0.2, 0.25) is 17.7 Å². The van der Waals surface area contributed by atoms with E-state index in [1.807, 2.05) is 39.0 Å². The lowest BCUT2D eigenvalue weighted by Crippen LogP contribution is -2.42. The Morgan fingerprint density at radius 2 is 1.79 bits per heavy atom. The third-order valence-corrected chi connectivity index (χ3v) is 6.53. The van der Waals surface area contributed by atoms with Crippen LogP contribution in [0, 0.1) is 12.8 Å². The van der Waals surface area contributed by atoms with Crippen LogP contribution in [0.15, 0.2) is 47.5 Å². The second-order valence-corrected chi connectivity index (χ2v) is 10.6. The van der Waals surface area contributed by atoms with Crippen molar-refractivity contribution >= 4 is 41.1 Å². The Balaban J connectivity index is 1.64. The van der Waals surface area contributed by atoms with Crippen molar-refractivity contribution in [3.8, 4) is 5.75 Å². The molecule has 4 amide bonds. The zero-order valence-electron chi connectivity index (χ0n) is 24.5. The van der Waals surface area contributed by atoms with Gasteiger partial charge >= 0.3 is 12.0 Å². The van der Waals surface area contributed by atoms with E-state index in [0.717, 1.165) is 5.56 Å². The summed E-state index contributed by atoms with van der Waals surface area (Å²) in [7, 11) is 1.48. The van der Waals surface area contributed by atoms with E-state index in [4.69, 9.17) is 9.47 Å². The fourth-order valence-electron chi connectivity index (χ4n) is 4.55. The predicted molar refractivity (Wildman–Crippen MR) is 159 cm³/mol. The maximum Gasteiger partial charge on any atom is 0.326 e. The number of aryl methyl sites for hydroxylation is 1. The number of hydrogen-bond acceptors (Lipinski definition) is 7. The number of rotatable bonds is 13. The Morgan fingerprint density at radius 1 is 1.07 bits per heavy atom. The largest absolute Gasteiger partial charge is 0.495 e. The van der Waals surface area contributed by atoms with Crippen molar-refractivity contribution in [1.29, 1.82) is 0 Å². The third kappa shape index (κ3) is 9.50. The fraction of sp³-hybridized carbons (Fsp3) is 0.433. The molecule has 3 rings (SSSR count). The number of methoxy groups -OCH3 is 1. The number of carbonyl (C=O) groups excluding carboxylic acids is 3. The number of hydrogen-bond donors (Lipinski definition) is 5. The first kappa shape index (κ1) is 31.9. The quantitative estimate of drug-likeness (QED) is 0.241. The molecule has 3 atom stereocenters. The molecule has 2 aromatic rings. The summed E-state index contributed by atoms with van der Waals surface area (Å²) in [6.45, 7) is 7.33. The highest BCUT2D eigenvalue weighted by Gasteiger charge is 2.31. The Kier molecular flexibility index (Phi) is 11.3. The third-order valence-electron chi connectivity index (χ3n) is 6.53. The monoisotopic (exact) mass is 581 g/mol. The summed E-state index contributed by atoms with van der Waals surface area (Å²) in [5.74, 6) is -0.908. The van der Waals surface area contributed by atoms with Gasteiger partial charge in [0, 0.05) is 19.0 Å². The maximum atomic E-state index is 13.1. The number of urea groups is 1. The number of anilines is 2. The molecule has 1 heterocycles. The molecule has 0 saturated heterocycles. The summed E-state index contributed by atoms with van der Waals surface area (Å²) in [5, 5.41) is 20.4. The van der Waals surface area contributed by atoms with Crippen molar-refractivity contribution in [1.82, 2.24) is 10.6 Å². The molecule has 0 saturated carbocycles. The minimum atomic E-state index is -1.15. The molecule has 2 aromatic carbocycles. The van der Waals surface area contributed by atoms with Gasteiger partial charge < -0.3 is 35.8 Å². The second kappa shape index (κ2) is 14.9. The topological polar surface area (TPSA) is 167 Å². The highest BCUT2D eigenvalue weighted by Crippen LogP contribution is 2.26. The molecule has 0 aromatic heterocycles. The van der Waals surface area contributed by atoms with Gasteiger partial charge in [0.1, 0.15) is 24.4 Å². The van der Waals surface area contributed by atoms with Crippen LogP contribution in [0.25, 0.3) is 0 Å². The molecule has 0 radical (unpaired) electrons. The minimum Gasteiger partial charge on any atom is -0.495 e. The number of para-hydroxylation sites is 1. The van der Waals surface area contributed by atoms with E-state index in [1.165, 1.54) is 14.0 Å². The van der Waals surface area contributed by atoms with Gasteiger partial charge in [-0.1, -0.05) is 38.1 Å². The van der Waals surface area contributed by atoms with Gasteiger partial charge in [-0.05, 0) is 48.6 Å². The van der Waals surface area contributed by atoms with Crippen molar-refractivity contribution in [2.45, 2.75) is 65.1 Å². The first-order chi connectivity index (χ1) is 19.9. The highest BCUT2D eigenvalue weighted by atomic mass is 16.5. The molecule has 0 aliphatic carbocycles. The van der Waals surface area contributed by atoms with Crippen molar-refractivity contribution in [2.75, 3.05) is 24.4 Å². The summed E-state index contributed by atoms with van der Waals surface area (Å²) >= 11 is 0. The molecular weight excluding hydrogens is 542 g/mol. The van der Waals surface area contributed by atoms with E-state index in [1.54, 1.807) is 24.3 Å². The van der Waals surface area contributed by atoms with Gasteiger partial charge in [-0.15, -0.1) is 0 Å². The van der Waals surface area contributed by atoms with E-state index >= 15 is 0 Å². The lowest BCUT2D eigenvalue weighted by molar-refractivity contribution is -0.141. The standard InChI is InChI=1S/C30H39N5O7/c1-17(2)12-24(28-32-21(16-42-28)15-25(29(38)39)31-19(4)36)33-27(37)14-20-10-11-23(26(13-20)41-5)35-30(40)34-22-9-7-6-8-18(22)3/h6-11,13,17,21,24-25H,12,14-16H2,1-5H3,(H,31,36)(H,33,37)(H,38,39)(H2,34,35,40). The van der Waals surface area contributed by atoms with Crippen LogP contribution in [-0.4, -0.2) is 66.7 Å². The average molecular weight is 582 g/mol. The van der Waals surface area contributed by atoms with E-state index in [0.29, 0.717) is 35.0 Å². The molecule has 1 aliphatic heterocycles. The summed E-state index contributed by atoms with van der Waals surface area (Å²) in [5.41, 5.74) is 2.74. The summed E-state index contributed by atoms with van der Waals surface area (Å²) in [6.07, 6.45) is 0.679. The molecule has 0 fully saturated rings. The molecule has 5 N–H and O–H groups in total. The van der Waals surface area contributed by atoms with Crippen LogP contribution in [0.2, 0.25) is 0 Å². The molecule has 0 spiro atoms. The van der Waals surface area contributed by atoms with Gasteiger partial charge in [-0.3, -0.25) is 9.59 Å². The number of nitrogens with zero attached hydrogens (tertiary/aromatic N) is 1. The smallest absolute Gasteiger partial charge is 0.326 e. The molecule has 12 nitrogen and oxygen atoms in total. The molecule has 3 unspecified atom stereocenters. The van der Waals surface area contributed by atoms with Gasteiger partial charge in [0.15, 0.2) is 0 Å². The summed E-state index contributed by atoms with van der Waals surface area (Å²) in [6, 6.07) is 10.0. The summed E-state index contributed by atoms with van der Waals surface area (Å²) < 4.78 is 11.2. The van der Waals surface area contributed by atoms with E-state index in [-0.39, 0.29) is 31.3 Å². The van der Waals surface area contributed by atoms with Gasteiger partial charge in [0.25, 0.3) is 0 Å². The van der Waals surface area contributed by atoms with E-state index in [2.05, 4.69) is 26.3 Å². The fourth-order valence-corrected chi connectivity index (χ4v) is 4.55. The number of carboxylic acids is 1. The summed E-state index contributed by atoms with van der Waals surface area (Å²) in [4.78, 5) is 53.0. The first-order valence-corrected chi connectivity index (χ1v) is 13.8. The van der Waals surface area contributed by atoms with Gasteiger partial charge in [-0.2, -0.15) is 0 Å². The lowest BCUT2D eigenvalue weighted by atomic mass is 10.0. The zero-order valence-corrected chi connectivity index (χ0v) is 24.5. The second-order valence-electron chi connectivity index (χ2n) is 10.6. The number of carbonyl (C=O) groups is 4. The van der Waals surface area contributed by atoms with Crippen molar-refractivity contribution < 1.29 is 33.8 Å². The molecule has 42 heavy (non-hydrogen) atoms. The number of benzene rings is 2. The molecule has 226 valence electrons. The van der Waals surface area contributed by atoms with Crippen LogP contribution in [0.5, 0.6) is 5.75 Å².